The minimum atomic E-state index is 0.223. The van der Waals surface area contributed by atoms with E-state index in [0.717, 1.165) is 33.0 Å². The van der Waals surface area contributed by atoms with Gasteiger partial charge in [0.25, 0.3) is 0 Å². The molecule has 0 amide bonds. The highest BCUT2D eigenvalue weighted by Gasteiger charge is 2.11. The maximum Gasteiger partial charge on any atom is 0.124 e. The fourth-order valence-electron chi connectivity index (χ4n) is 2.71. The van der Waals surface area contributed by atoms with Crippen molar-refractivity contribution in [2.45, 2.75) is 0 Å². The van der Waals surface area contributed by atoms with Crippen molar-refractivity contribution in [3.05, 3.63) is 83.2 Å². The van der Waals surface area contributed by atoms with Crippen molar-refractivity contribution < 1.29 is 5.11 Å². The lowest BCUT2D eigenvalue weighted by Crippen LogP contribution is -1.90. The molecule has 0 radical (unpaired) electrons. The Morgan fingerprint density at radius 1 is 0.800 bits per heavy atom. The van der Waals surface area contributed by atoms with E-state index in [1.54, 1.807) is 17.4 Å². The van der Waals surface area contributed by atoms with Gasteiger partial charge in [0.15, 0.2) is 0 Å². The van der Waals surface area contributed by atoms with Crippen LogP contribution in [0.1, 0.15) is 0 Å². The average Bonchev–Trinajstić information content (AvgIpc) is 3.17. The summed E-state index contributed by atoms with van der Waals surface area (Å²) in [6.45, 7) is 0. The highest BCUT2D eigenvalue weighted by molar-refractivity contribution is 7.13. The molecular formula is C21H14ClNOS. The first-order valence-corrected chi connectivity index (χ1v) is 9.07. The third kappa shape index (κ3) is 3.29. The second-order valence-corrected chi connectivity index (χ2v) is 7.01. The predicted octanol–water partition coefficient (Wildman–Crippen LogP) is 6.50. The first kappa shape index (κ1) is 15.9. The number of thiophene rings is 1. The Bertz CT molecular complexity index is 1010. The normalized spacial score (nSPS) is 10.8. The molecule has 0 saturated carbocycles. The number of aromatic nitrogens is 1. The number of halogens is 1. The van der Waals surface area contributed by atoms with Crippen LogP contribution in [-0.2, 0) is 0 Å². The summed E-state index contributed by atoms with van der Waals surface area (Å²) in [5.74, 6) is 0.223. The Labute approximate surface area is 155 Å². The summed E-state index contributed by atoms with van der Waals surface area (Å²) in [7, 11) is 0. The summed E-state index contributed by atoms with van der Waals surface area (Å²) < 4.78 is 0. The highest BCUT2D eigenvalue weighted by atomic mass is 35.5. The summed E-state index contributed by atoms with van der Waals surface area (Å²) >= 11 is 7.69. The van der Waals surface area contributed by atoms with Crippen LogP contribution < -0.4 is 0 Å². The van der Waals surface area contributed by atoms with Crippen molar-refractivity contribution in [1.29, 1.82) is 0 Å². The van der Waals surface area contributed by atoms with Crippen LogP contribution in [0, 0.1) is 0 Å². The third-order valence-electron chi connectivity index (χ3n) is 3.95. The van der Waals surface area contributed by atoms with Crippen LogP contribution in [0.25, 0.3) is 33.0 Å². The zero-order valence-corrected chi connectivity index (χ0v) is 14.8. The van der Waals surface area contributed by atoms with E-state index in [4.69, 9.17) is 16.6 Å². The third-order valence-corrected chi connectivity index (χ3v) is 5.12. The molecule has 2 nitrogen and oxygen atoms in total. The molecule has 0 aliphatic carbocycles. The van der Waals surface area contributed by atoms with Crippen LogP contribution in [0.3, 0.4) is 0 Å². The first-order valence-electron chi connectivity index (χ1n) is 7.81. The number of phenols is 1. The van der Waals surface area contributed by atoms with E-state index in [9.17, 15) is 5.11 Å². The average molecular weight is 364 g/mol. The van der Waals surface area contributed by atoms with Crippen molar-refractivity contribution in [3.8, 4) is 38.7 Å². The Morgan fingerprint density at radius 2 is 1.56 bits per heavy atom. The molecule has 4 heteroatoms. The van der Waals surface area contributed by atoms with Gasteiger partial charge in [-0.1, -0.05) is 41.9 Å². The number of hydrogen-bond donors (Lipinski definition) is 1. The van der Waals surface area contributed by atoms with E-state index < -0.39 is 0 Å². The molecule has 0 fully saturated rings. The molecule has 0 saturated heterocycles. The van der Waals surface area contributed by atoms with Crippen molar-refractivity contribution in [3.63, 3.8) is 0 Å². The molecule has 0 spiro atoms. The summed E-state index contributed by atoms with van der Waals surface area (Å²) in [6.07, 6.45) is 0. The fraction of sp³-hybridized carbons (Fsp3) is 0. The van der Waals surface area contributed by atoms with Crippen LogP contribution >= 0.6 is 22.9 Å². The largest absolute Gasteiger partial charge is 0.507 e. The lowest BCUT2D eigenvalue weighted by Gasteiger charge is -2.10. The predicted molar refractivity (Wildman–Crippen MR) is 105 cm³/mol. The van der Waals surface area contributed by atoms with Gasteiger partial charge >= 0.3 is 0 Å². The van der Waals surface area contributed by atoms with Crippen LogP contribution in [0.2, 0.25) is 5.02 Å². The molecule has 0 aliphatic rings. The molecule has 122 valence electrons. The number of phenolic OH excluding ortho intramolecular Hbond substituents is 1. The van der Waals surface area contributed by atoms with Gasteiger partial charge in [0, 0.05) is 21.0 Å². The maximum atomic E-state index is 10.2. The summed E-state index contributed by atoms with van der Waals surface area (Å²) in [5.41, 5.74) is 4.37. The van der Waals surface area contributed by atoms with Gasteiger partial charge in [0.05, 0.1) is 11.4 Å². The minimum Gasteiger partial charge on any atom is -0.507 e. The van der Waals surface area contributed by atoms with E-state index in [1.165, 1.54) is 0 Å². The van der Waals surface area contributed by atoms with E-state index in [2.05, 4.69) is 17.5 Å². The smallest absolute Gasteiger partial charge is 0.124 e. The van der Waals surface area contributed by atoms with Gasteiger partial charge in [0.1, 0.15) is 5.75 Å². The highest BCUT2D eigenvalue weighted by Crippen LogP contribution is 2.35. The van der Waals surface area contributed by atoms with Crippen molar-refractivity contribution in [2.75, 3.05) is 0 Å². The molecule has 0 aliphatic heterocycles. The van der Waals surface area contributed by atoms with Crippen LogP contribution in [-0.4, -0.2) is 10.1 Å². The Hall–Kier alpha value is -2.62. The standard InChI is InChI=1S/C21H14ClNOS/c22-16-9-7-14(8-10-16)18-12-15(21-6-3-11-25-21)13-19(23-18)17-4-1-2-5-20(17)24/h1-13,24H. The van der Waals surface area contributed by atoms with Crippen LogP contribution in [0.4, 0.5) is 0 Å². The van der Waals surface area contributed by atoms with Gasteiger partial charge in [0.2, 0.25) is 0 Å². The number of benzene rings is 2. The lowest BCUT2D eigenvalue weighted by atomic mass is 10.0. The maximum absolute atomic E-state index is 10.2. The van der Waals surface area contributed by atoms with Gasteiger partial charge in [-0.3, -0.25) is 0 Å². The van der Waals surface area contributed by atoms with Crippen molar-refractivity contribution in [2.24, 2.45) is 0 Å². The van der Waals surface area contributed by atoms with Crippen LogP contribution in [0.5, 0.6) is 5.75 Å². The monoisotopic (exact) mass is 363 g/mol. The Morgan fingerprint density at radius 3 is 2.28 bits per heavy atom. The van der Waals surface area contributed by atoms with Crippen LogP contribution in [0.15, 0.2) is 78.2 Å². The van der Waals surface area contributed by atoms with Crippen molar-refractivity contribution in [1.82, 2.24) is 4.98 Å². The quantitative estimate of drug-likeness (QED) is 0.450. The SMILES string of the molecule is Oc1ccccc1-c1cc(-c2cccs2)cc(-c2ccc(Cl)cc2)n1. The minimum absolute atomic E-state index is 0.223. The number of aromatic hydroxyl groups is 1. The zero-order valence-electron chi connectivity index (χ0n) is 13.2. The Kier molecular flexibility index (Phi) is 4.26. The molecular weight excluding hydrogens is 350 g/mol. The summed E-state index contributed by atoms with van der Waals surface area (Å²) in [6, 6.07) is 23.1. The van der Waals surface area contributed by atoms with Crippen molar-refractivity contribution >= 4 is 22.9 Å². The Balaban J connectivity index is 1.92. The molecule has 4 aromatic rings. The van der Waals surface area contributed by atoms with Gasteiger partial charge in [-0.2, -0.15) is 0 Å². The number of para-hydroxylation sites is 1. The molecule has 0 unspecified atom stereocenters. The summed E-state index contributed by atoms with van der Waals surface area (Å²) in [5, 5.41) is 13.0. The van der Waals surface area contributed by atoms with E-state index >= 15 is 0 Å². The van der Waals surface area contributed by atoms with E-state index in [0.29, 0.717) is 5.02 Å². The van der Waals surface area contributed by atoms with Gasteiger partial charge in [-0.05, 0) is 53.4 Å². The second-order valence-electron chi connectivity index (χ2n) is 5.63. The fourth-order valence-corrected chi connectivity index (χ4v) is 3.55. The van der Waals surface area contributed by atoms with Gasteiger partial charge in [-0.25, -0.2) is 4.98 Å². The molecule has 2 aromatic heterocycles. The number of rotatable bonds is 3. The molecule has 1 N–H and O–H groups in total. The summed E-state index contributed by atoms with van der Waals surface area (Å²) in [4.78, 5) is 5.94. The lowest BCUT2D eigenvalue weighted by molar-refractivity contribution is 0.477. The zero-order chi connectivity index (χ0) is 17.2. The van der Waals surface area contributed by atoms with Gasteiger partial charge in [-0.15, -0.1) is 11.3 Å². The molecule has 4 rings (SSSR count). The molecule has 2 aromatic carbocycles. The van der Waals surface area contributed by atoms with E-state index in [1.807, 2.05) is 54.6 Å². The molecule has 0 bridgehead atoms. The number of nitrogens with zero attached hydrogens (tertiary/aromatic N) is 1. The van der Waals surface area contributed by atoms with Gasteiger partial charge < -0.3 is 5.11 Å². The number of pyridine rings is 1. The second kappa shape index (κ2) is 6.71. The first-order chi connectivity index (χ1) is 12.2. The molecule has 2 heterocycles. The van der Waals surface area contributed by atoms with E-state index in [-0.39, 0.29) is 5.75 Å². The number of hydrogen-bond acceptors (Lipinski definition) is 3. The topological polar surface area (TPSA) is 33.1 Å². The molecule has 0 atom stereocenters. The molecule has 25 heavy (non-hydrogen) atoms.